The number of aliphatic hydroxyl groups excluding tert-OH is 1. The minimum Gasteiger partial charge on any atom is -0.393 e. The summed E-state index contributed by atoms with van der Waals surface area (Å²) in [6.07, 6.45) is 7.03. The van der Waals surface area contributed by atoms with Gasteiger partial charge in [0, 0.05) is 0 Å². The fraction of sp³-hybridized carbons (Fsp3) is 0.857. The summed E-state index contributed by atoms with van der Waals surface area (Å²) in [5, 5.41) is 10.1. The molecule has 1 N–H and O–H groups in total. The molecule has 0 amide bonds. The maximum absolute atomic E-state index is 10.1. The monoisotopic (exact) mass is 208 g/mol. The van der Waals surface area contributed by atoms with Gasteiger partial charge in [-0.25, -0.2) is 0 Å². The molecule has 0 aliphatic heterocycles. The van der Waals surface area contributed by atoms with Crippen LogP contribution in [0.1, 0.15) is 52.4 Å². The Labute approximate surface area is 93.6 Å². The Morgan fingerprint density at radius 3 is 2.80 bits per heavy atom. The van der Waals surface area contributed by atoms with Gasteiger partial charge < -0.3 is 5.11 Å². The molecular formula is C14H24O. The highest BCUT2D eigenvalue weighted by molar-refractivity contribution is 5.13. The van der Waals surface area contributed by atoms with Crippen molar-refractivity contribution >= 4 is 0 Å². The third kappa shape index (κ3) is 1.65. The molecule has 0 aromatic carbocycles. The van der Waals surface area contributed by atoms with E-state index < -0.39 is 0 Å². The van der Waals surface area contributed by atoms with Crippen LogP contribution in [0.25, 0.3) is 0 Å². The van der Waals surface area contributed by atoms with Crippen LogP contribution in [0.5, 0.6) is 0 Å². The van der Waals surface area contributed by atoms with Crippen LogP contribution in [-0.4, -0.2) is 11.2 Å². The standard InChI is InChI=1S/C14H24O/c1-4-10(2)11-7-8-12-13(15)6-5-9-14(11,12)3/h11-13,15H,2,4-9H2,1,3H3/t11-,12+,13+,14-/m1/s1. The molecule has 0 bridgehead atoms. The van der Waals surface area contributed by atoms with E-state index >= 15 is 0 Å². The van der Waals surface area contributed by atoms with Crippen LogP contribution < -0.4 is 0 Å². The molecule has 1 nitrogen and oxygen atoms in total. The molecule has 0 radical (unpaired) electrons. The first-order valence-corrected chi connectivity index (χ1v) is 6.45. The Kier molecular flexibility index (Phi) is 2.94. The maximum Gasteiger partial charge on any atom is 0.0573 e. The summed E-state index contributed by atoms with van der Waals surface area (Å²) < 4.78 is 0. The molecule has 15 heavy (non-hydrogen) atoms. The van der Waals surface area contributed by atoms with Crippen molar-refractivity contribution in [3.63, 3.8) is 0 Å². The van der Waals surface area contributed by atoms with Crippen molar-refractivity contribution in [3.8, 4) is 0 Å². The maximum atomic E-state index is 10.1. The number of rotatable bonds is 2. The fourth-order valence-electron chi connectivity index (χ4n) is 4.07. The molecule has 86 valence electrons. The van der Waals surface area contributed by atoms with Crippen LogP contribution in [-0.2, 0) is 0 Å². The zero-order valence-corrected chi connectivity index (χ0v) is 10.1. The Morgan fingerprint density at radius 1 is 1.40 bits per heavy atom. The Bertz CT molecular complexity index is 258. The molecular weight excluding hydrogens is 184 g/mol. The summed E-state index contributed by atoms with van der Waals surface area (Å²) >= 11 is 0. The Balaban J connectivity index is 2.21. The smallest absolute Gasteiger partial charge is 0.0573 e. The molecule has 0 aromatic rings. The van der Waals surface area contributed by atoms with Crippen LogP contribution >= 0.6 is 0 Å². The Morgan fingerprint density at radius 2 is 2.13 bits per heavy atom. The van der Waals surface area contributed by atoms with E-state index in [1.165, 1.54) is 31.3 Å². The van der Waals surface area contributed by atoms with E-state index in [1.54, 1.807) is 0 Å². The molecule has 0 unspecified atom stereocenters. The predicted molar refractivity (Wildman–Crippen MR) is 63.6 cm³/mol. The summed E-state index contributed by atoms with van der Waals surface area (Å²) in [7, 11) is 0. The highest BCUT2D eigenvalue weighted by atomic mass is 16.3. The topological polar surface area (TPSA) is 20.2 Å². The lowest BCUT2D eigenvalue weighted by Crippen LogP contribution is -2.40. The normalized spacial score (nSPS) is 45.1. The zero-order valence-electron chi connectivity index (χ0n) is 10.1. The van der Waals surface area contributed by atoms with Crippen molar-refractivity contribution in [1.82, 2.24) is 0 Å². The van der Waals surface area contributed by atoms with Gasteiger partial charge in [-0.2, -0.15) is 0 Å². The average molecular weight is 208 g/mol. The second-order valence-electron chi connectivity index (χ2n) is 5.71. The molecule has 4 atom stereocenters. The number of hydrogen-bond acceptors (Lipinski definition) is 1. The van der Waals surface area contributed by atoms with Crippen LogP contribution in [0.4, 0.5) is 0 Å². The van der Waals surface area contributed by atoms with Crippen molar-refractivity contribution in [1.29, 1.82) is 0 Å². The van der Waals surface area contributed by atoms with Gasteiger partial charge in [-0.1, -0.05) is 32.4 Å². The minimum absolute atomic E-state index is 0.0431. The number of allylic oxidation sites excluding steroid dienone is 1. The minimum atomic E-state index is -0.0431. The van der Waals surface area contributed by atoms with Gasteiger partial charge >= 0.3 is 0 Å². The van der Waals surface area contributed by atoms with E-state index in [-0.39, 0.29) is 6.10 Å². The third-order valence-corrected chi connectivity index (χ3v) is 5.04. The van der Waals surface area contributed by atoms with Gasteiger partial charge in [-0.15, -0.1) is 0 Å². The summed E-state index contributed by atoms with van der Waals surface area (Å²) in [6.45, 7) is 8.83. The van der Waals surface area contributed by atoms with E-state index in [0.29, 0.717) is 17.3 Å². The Hall–Kier alpha value is -0.300. The lowest BCUT2D eigenvalue weighted by Gasteiger charge is -2.43. The summed E-state index contributed by atoms with van der Waals surface area (Å²) in [6, 6.07) is 0. The van der Waals surface area contributed by atoms with Gasteiger partial charge in [0.05, 0.1) is 6.10 Å². The first-order valence-electron chi connectivity index (χ1n) is 6.45. The summed E-state index contributed by atoms with van der Waals surface area (Å²) in [4.78, 5) is 0. The highest BCUT2D eigenvalue weighted by Gasteiger charge is 2.51. The van der Waals surface area contributed by atoms with Gasteiger partial charge in [0.25, 0.3) is 0 Å². The van der Waals surface area contributed by atoms with Crippen molar-refractivity contribution in [3.05, 3.63) is 12.2 Å². The second kappa shape index (κ2) is 3.93. The van der Waals surface area contributed by atoms with Gasteiger partial charge in [-0.05, 0) is 49.4 Å². The third-order valence-electron chi connectivity index (χ3n) is 5.04. The van der Waals surface area contributed by atoms with Crippen molar-refractivity contribution in [2.24, 2.45) is 17.3 Å². The zero-order chi connectivity index (χ0) is 11.1. The molecule has 0 spiro atoms. The quantitative estimate of drug-likeness (QED) is 0.688. The summed E-state index contributed by atoms with van der Waals surface area (Å²) in [5.74, 6) is 1.21. The molecule has 2 fully saturated rings. The lowest BCUT2D eigenvalue weighted by atomic mass is 9.63. The number of aliphatic hydroxyl groups is 1. The van der Waals surface area contributed by atoms with Gasteiger partial charge in [-0.3, -0.25) is 0 Å². The lowest BCUT2D eigenvalue weighted by molar-refractivity contribution is -0.0112. The van der Waals surface area contributed by atoms with Crippen LogP contribution in [0.2, 0.25) is 0 Å². The van der Waals surface area contributed by atoms with E-state index in [2.05, 4.69) is 20.4 Å². The highest BCUT2D eigenvalue weighted by Crippen LogP contribution is 2.57. The number of hydrogen-bond donors (Lipinski definition) is 1. The molecule has 2 rings (SSSR count). The molecule has 1 heteroatoms. The van der Waals surface area contributed by atoms with E-state index in [1.807, 2.05) is 0 Å². The first kappa shape index (κ1) is 11.2. The second-order valence-corrected chi connectivity index (χ2v) is 5.71. The molecule has 2 aliphatic carbocycles. The molecule has 2 saturated carbocycles. The van der Waals surface area contributed by atoms with Crippen molar-refractivity contribution in [2.45, 2.75) is 58.5 Å². The van der Waals surface area contributed by atoms with Crippen molar-refractivity contribution in [2.75, 3.05) is 0 Å². The molecule has 0 aromatic heterocycles. The molecule has 0 heterocycles. The predicted octanol–water partition coefficient (Wildman–Crippen LogP) is 3.53. The van der Waals surface area contributed by atoms with Crippen LogP contribution in [0.15, 0.2) is 12.2 Å². The average Bonchev–Trinajstić information content (AvgIpc) is 2.56. The van der Waals surface area contributed by atoms with Crippen LogP contribution in [0, 0.1) is 17.3 Å². The number of fused-ring (bicyclic) bond motifs is 1. The largest absolute Gasteiger partial charge is 0.393 e. The first-order chi connectivity index (χ1) is 7.09. The molecule has 0 saturated heterocycles. The van der Waals surface area contributed by atoms with Gasteiger partial charge in [0.1, 0.15) is 0 Å². The van der Waals surface area contributed by atoms with Gasteiger partial charge in [0.2, 0.25) is 0 Å². The van der Waals surface area contributed by atoms with Crippen LogP contribution in [0.3, 0.4) is 0 Å². The summed E-state index contributed by atoms with van der Waals surface area (Å²) in [5.41, 5.74) is 1.76. The SMILES string of the molecule is C=C(CC)[C@H]1CC[C@H]2[C@@H](O)CCC[C@]12C. The van der Waals surface area contributed by atoms with E-state index in [9.17, 15) is 5.11 Å². The van der Waals surface area contributed by atoms with E-state index in [4.69, 9.17) is 0 Å². The molecule has 2 aliphatic rings. The van der Waals surface area contributed by atoms with Crippen molar-refractivity contribution < 1.29 is 5.11 Å². The van der Waals surface area contributed by atoms with E-state index in [0.717, 1.165) is 12.8 Å². The fourth-order valence-corrected chi connectivity index (χ4v) is 4.07. The van der Waals surface area contributed by atoms with Gasteiger partial charge in [0.15, 0.2) is 0 Å².